The van der Waals surface area contributed by atoms with Gasteiger partial charge in [-0.2, -0.15) is 0 Å². The molecule has 0 aliphatic carbocycles. The van der Waals surface area contributed by atoms with Gasteiger partial charge in [0.05, 0.1) is 12.2 Å². The number of ketones is 1. The van der Waals surface area contributed by atoms with Crippen LogP contribution in [-0.4, -0.2) is 11.7 Å². The zero-order chi connectivity index (χ0) is 17.6. The molecule has 0 atom stereocenters. The zero-order valence-electron chi connectivity index (χ0n) is 14.4. The third-order valence-electron chi connectivity index (χ3n) is 4.41. The molecule has 1 heterocycles. The number of nitrogens with zero attached hydrogens (tertiary/aromatic N) is 1. The topological polar surface area (TPSA) is 37.4 Å². The number of benzene rings is 2. The number of para-hydroxylation sites is 1. The predicted molar refractivity (Wildman–Crippen MR) is 99.2 cm³/mol. The van der Waals surface area contributed by atoms with E-state index in [0.717, 1.165) is 22.4 Å². The molecule has 2 aromatic carbocycles. The summed E-state index contributed by atoms with van der Waals surface area (Å²) in [5, 5.41) is 0. The first-order valence-electron chi connectivity index (χ1n) is 8.70. The van der Waals surface area contributed by atoms with Gasteiger partial charge in [0.25, 0.3) is 0 Å². The third kappa shape index (κ3) is 3.97. The van der Waals surface area contributed by atoms with Gasteiger partial charge in [0.15, 0.2) is 0 Å². The van der Waals surface area contributed by atoms with Crippen molar-refractivity contribution in [2.24, 2.45) is 0 Å². The van der Waals surface area contributed by atoms with Crippen molar-refractivity contribution < 1.29 is 9.59 Å². The minimum atomic E-state index is 0.0369. The number of amides is 1. The quantitative estimate of drug-likeness (QED) is 0.774. The van der Waals surface area contributed by atoms with E-state index in [1.54, 1.807) is 4.90 Å². The maximum atomic E-state index is 12.9. The number of fused-ring (bicyclic) bond motifs is 2. The van der Waals surface area contributed by atoms with Crippen LogP contribution in [0.25, 0.3) is 0 Å². The molecule has 3 rings (SSSR count). The monoisotopic (exact) mass is 331 g/mol. The Balaban J connectivity index is 1.89. The number of hydrogen-bond acceptors (Lipinski definition) is 2. The van der Waals surface area contributed by atoms with Crippen molar-refractivity contribution in [3.05, 3.63) is 65.2 Å². The van der Waals surface area contributed by atoms with Crippen molar-refractivity contribution in [1.29, 1.82) is 0 Å². The summed E-state index contributed by atoms with van der Waals surface area (Å²) < 4.78 is 0. The molecule has 2 aromatic rings. The second-order valence-corrected chi connectivity index (χ2v) is 6.15. The Bertz CT molecular complexity index is 858. The van der Waals surface area contributed by atoms with E-state index in [1.807, 2.05) is 55.5 Å². The molecular weight excluding hydrogens is 310 g/mol. The van der Waals surface area contributed by atoms with Crippen molar-refractivity contribution in [1.82, 2.24) is 0 Å². The molecule has 25 heavy (non-hydrogen) atoms. The molecule has 1 amide bonds. The van der Waals surface area contributed by atoms with Gasteiger partial charge < -0.3 is 4.90 Å². The molecule has 0 unspecified atom stereocenters. The van der Waals surface area contributed by atoms with E-state index in [0.29, 0.717) is 32.2 Å². The fraction of sp³-hybridized carbons (Fsp3) is 0.273. The van der Waals surface area contributed by atoms with E-state index in [2.05, 4.69) is 11.8 Å². The molecular formula is C22H21NO2. The Morgan fingerprint density at radius 2 is 1.64 bits per heavy atom. The van der Waals surface area contributed by atoms with Crippen LogP contribution >= 0.6 is 0 Å². The average Bonchev–Trinajstić information content (AvgIpc) is 2.63. The van der Waals surface area contributed by atoms with Crippen LogP contribution in [0.1, 0.15) is 49.3 Å². The average molecular weight is 331 g/mol. The molecule has 0 saturated carbocycles. The van der Waals surface area contributed by atoms with Crippen LogP contribution in [0.4, 0.5) is 5.69 Å². The summed E-state index contributed by atoms with van der Waals surface area (Å²) in [6.07, 6.45) is 1.96. The van der Waals surface area contributed by atoms with E-state index in [4.69, 9.17) is 0 Å². The molecule has 0 fully saturated rings. The highest BCUT2D eigenvalue weighted by Gasteiger charge is 2.20. The Morgan fingerprint density at radius 3 is 2.44 bits per heavy atom. The number of anilines is 1. The van der Waals surface area contributed by atoms with Crippen molar-refractivity contribution in [2.45, 2.75) is 39.2 Å². The lowest BCUT2D eigenvalue weighted by molar-refractivity contribution is -0.120. The van der Waals surface area contributed by atoms with Gasteiger partial charge in [-0.3, -0.25) is 9.59 Å². The maximum absolute atomic E-state index is 12.9. The molecule has 1 aliphatic heterocycles. The standard InChI is InChI=1S/C22H21NO2/c1-2-20(24)11-7-13-22(25)23-16-19-10-4-3-8-17(19)14-15-18-9-5-6-12-21(18)23/h3-6,8-10,12H,2,7,11,13,16H2,1H3. The SMILES string of the molecule is CCC(=O)CCCC(=O)N1Cc2ccccc2C#Cc2ccccc21. The summed E-state index contributed by atoms with van der Waals surface area (Å²) in [4.78, 5) is 26.2. The van der Waals surface area contributed by atoms with E-state index < -0.39 is 0 Å². The fourth-order valence-electron chi connectivity index (χ4n) is 2.96. The first-order valence-corrected chi connectivity index (χ1v) is 8.70. The summed E-state index contributed by atoms with van der Waals surface area (Å²) in [7, 11) is 0. The number of carbonyl (C=O) groups is 2. The van der Waals surface area contributed by atoms with E-state index in [9.17, 15) is 9.59 Å². The molecule has 1 aliphatic rings. The van der Waals surface area contributed by atoms with Crippen LogP contribution in [0.2, 0.25) is 0 Å². The Labute approximate surface area is 148 Å². The van der Waals surface area contributed by atoms with Crippen molar-refractivity contribution in [3.8, 4) is 11.8 Å². The number of hydrogen-bond donors (Lipinski definition) is 0. The molecule has 0 spiro atoms. The molecule has 3 heteroatoms. The van der Waals surface area contributed by atoms with E-state index in [1.165, 1.54) is 0 Å². The lowest BCUT2D eigenvalue weighted by Crippen LogP contribution is -2.31. The summed E-state index contributed by atoms with van der Waals surface area (Å²) in [5.74, 6) is 6.65. The van der Waals surface area contributed by atoms with Crippen LogP contribution in [0.15, 0.2) is 48.5 Å². The van der Waals surface area contributed by atoms with Gasteiger partial charge in [-0.25, -0.2) is 0 Å². The normalized spacial score (nSPS) is 12.1. The van der Waals surface area contributed by atoms with Gasteiger partial charge in [-0.1, -0.05) is 49.1 Å². The van der Waals surface area contributed by atoms with Crippen LogP contribution in [-0.2, 0) is 16.1 Å². The van der Waals surface area contributed by atoms with Gasteiger partial charge in [-0.05, 0) is 30.2 Å². The van der Waals surface area contributed by atoms with Gasteiger partial charge >= 0.3 is 0 Å². The molecule has 0 aromatic heterocycles. The Morgan fingerprint density at radius 1 is 0.960 bits per heavy atom. The lowest BCUT2D eigenvalue weighted by atomic mass is 10.0. The Hall–Kier alpha value is -2.86. The molecule has 0 bridgehead atoms. The highest BCUT2D eigenvalue weighted by Crippen LogP contribution is 2.26. The van der Waals surface area contributed by atoms with Gasteiger partial charge in [0.1, 0.15) is 5.78 Å². The van der Waals surface area contributed by atoms with Crippen LogP contribution in [0.3, 0.4) is 0 Å². The molecule has 3 nitrogen and oxygen atoms in total. The fourth-order valence-corrected chi connectivity index (χ4v) is 2.96. The van der Waals surface area contributed by atoms with Crippen molar-refractivity contribution in [3.63, 3.8) is 0 Å². The second kappa shape index (κ2) is 7.81. The number of Topliss-reactive ketones (excluding diaryl/α,β-unsaturated/α-hetero) is 1. The predicted octanol–water partition coefficient (Wildman–Crippen LogP) is 4.08. The smallest absolute Gasteiger partial charge is 0.227 e. The maximum Gasteiger partial charge on any atom is 0.227 e. The summed E-state index contributed by atoms with van der Waals surface area (Å²) in [5.41, 5.74) is 3.70. The summed E-state index contributed by atoms with van der Waals surface area (Å²) >= 11 is 0. The van der Waals surface area contributed by atoms with Crippen molar-refractivity contribution in [2.75, 3.05) is 4.90 Å². The summed E-state index contributed by atoms with van der Waals surface area (Å²) in [6, 6.07) is 15.7. The first-order chi connectivity index (χ1) is 12.2. The first kappa shape index (κ1) is 17.0. The van der Waals surface area contributed by atoms with Crippen LogP contribution < -0.4 is 4.90 Å². The minimum Gasteiger partial charge on any atom is -0.307 e. The highest BCUT2D eigenvalue weighted by molar-refractivity contribution is 5.95. The molecule has 0 N–H and O–H groups in total. The number of carbonyl (C=O) groups excluding carboxylic acids is 2. The summed E-state index contributed by atoms with van der Waals surface area (Å²) in [6.45, 7) is 2.36. The van der Waals surface area contributed by atoms with E-state index in [-0.39, 0.29) is 11.7 Å². The van der Waals surface area contributed by atoms with Crippen LogP contribution in [0.5, 0.6) is 0 Å². The molecule has 126 valence electrons. The molecule has 0 radical (unpaired) electrons. The number of rotatable bonds is 5. The van der Waals surface area contributed by atoms with Gasteiger partial charge in [0.2, 0.25) is 5.91 Å². The highest BCUT2D eigenvalue weighted by atomic mass is 16.2. The lowest BCUT2D eigenvalue weighted by Gasteiger charge is -2.26. The Kier molecular flexibility index (Phi) is 5.30. The van der Waals surface area contributed by atoms with Crippen molar-refractivity contribution >= 4 is 17.4 Å². The minimum absolute atomic E-state index is 0.0369. The molecule has 0 saturated heterocycles. The van der Waals surface area contributed by atoms with E-state index >= 15 is 0 Å². The van der Waals surface area contributed by atoms with Gasteiger partial charge in [0, 0.05) is 30.4 Å². The third-order valence-corrected chi connectivity index (χ3v) is 4.41. The van der Waals surface area contributed by atoms with Gasteiger partial charge in [-0.15, -0.1) is 0 Å². The largest absolute Gasteiger partial charge is 0.307 e. The van der Waals surface area contributed by atoms with Crippen LogP contribution in [0, 0.1) is 11.8 Å². The second-order valence-electron chi connectivity index (χ2n) is 6.15. The zero-order valence-corrected chi connectivity index (χ0v) is 14.4.